The summed E-state index contributed by atoms with van der Waals surface area (Å²) < 4.78 is 37.1. The molecule has 19 heavy (non-hydrogen) atoms. The third-order valence-corrected chi connectivity index (χ3v) is 3.31. The summed E-state index contributed by atoms with van der Waals surface area (Å²) in [6, 6.07) is 11.1. The molecule has 0 N–H and O–H groups in total. The van der Waals surface area contributed by atoms with Crippen LogP contribution in [-0.2, 0) is 6.18 Å². The van der Waals surface area contributed by atoms with Crippen LogP contribution in [-0.4, -0.2) is 4.98 Å². The van der Waals surface area contributed by atoms with Crippen LogP contribution in [0.4, 0.5) is 13.2 Å². The zero-order valence-corrected chi connectivity index (χ0v) is 10.3. The van der Waals surface area contributed by atoms with Gasteiger partial charge in [-0.15, -0.1) is 0 Å². The lowest BCUT2D eigenvalue weighted by molar-refractivity contribution is -0.137. The third kappa shape index (κ3) is 3.26. The topological polar surface area (TPSA) is 36.7 Å². The van der Waals surface area contributed by atoms with Crippen molar-refractivity contribution in [2.75, 3.05) is 0 Å². The van der Waals surface area contributed by atoms with Crippen molar-refractivity contribution in [1.29, 1.82) is 5.26 Å². The van der Waals surface area contributed by atoms with E-state index < -0.39 is 11.7 Å². The van der Waals surface area contributed by atoms with Gasteiger partial charge in [0.05, 0.1) is 11.1 Å². The summed E-state index contributed by atoms with van der Waals surface area (Å²) in [7, 11) is 0. The van der Waals surface area contributed by atoms with E-state index in [1.165, 1.54) is 6.07 Å². The number of alkyl halides is 3. The molecule has 0 atom stereocenters. The van der Waals surface area contributed by atoms with Gasteiger partial charge in [-0.3, -0.25) is 0 Å². The molecule has 0 saturated heterocycles. The highest BCUT2D eigenvalue weighted by atomic mass is 32.2. The zero-order valence-electron chi connectivity index (χ0n) is 9.48. The molecule has 0 spiro atoms. The quantitative estimate of drug-likeness (QED) is 0.830. The van der Waals surface area contributed by atoms with Crippen molar-refractivity contribution in [2.24, 2.45) is 0 Å². The molecule has 0 aliphatic heterocycles. The van der Waals surface area contributed by atoms with E-state index in [1.807, 2.05) is 6.07 Å². The normalized spacial score (nSPS) is 11.1. The Morgan fingerprint density at radius 1 is 1.11 bits per heavy atom. The van der Waals surface area contributed by atoms with E-state index in [-0.39, 0.29) is 0 Å². The largest absolute Gasteiger partial charge is 0.417 e. The number of rotatable bonds is 2. The maximum atomic E-state index is 12.4. The van der Waals surface area contributed by atoms with Crippen molar-refractivity contribution in [2.45, 2.75) is 16.1 Å². The molecule has 0 unspecified atom stereocenters. The number of hydrogen-bond donors (Lipinski definition) is 0. The van der Waals surface area contributed by atoms with Gasteiger partial charge in [-0.25, -0.2) is 4.98 Å². The van der Waals surface area contributed by atoms with E-state index in [0.717, 1.165) is 24.0 Å². The number of nitriles is 1. The molecule has 1 heterocycles. The molecule has 96 valence electrons. The molecule has 0 bridgehead atoms. The summed E-state index contributed by atoms with van der Waals surface area (Å²) in [6.45, 7) is 0. The number of benzene rings is 1. The van der Waals surface area contributed by atoms with Crippen LogP contribution in [0.15, 0.2) is 52.5 Å². The fourth-order valence-corrected chi connectivity index (χ4v) is 2.21. The van der Waals surface area contributed by atoms with E-state index >= 15 is 0 Å². The lowest BCUT2D eigenvalue weighted by atomic mass is 10.2. The van der Waals surface area contributed by atoms with Crippen molar-refractivity contribution in [3.63, 3.8) is 0 Å². The second-order valence-electron chi connectivity index (χ2n) is 3.59. The summed E-state index contributed by atoms with van der Waals surface area (Å²) in [5.74, 6) is 0. The SMILES string of the molecule is N#Cc1ccccc1Sc1ccc(C(F)(F)F)cn1. The summed E-state index contributed by atoms with van der Waals surface area (Å²) in [5.41, 5.74) is -0.320. The highest BCUT2D eigenvalue weighted by molar-refractivity contribution is 7.99. The molecule has 0 radical (unpaired) electrons. The number of pyridine rings is 1. The smallest absolute Gasteiger partial charge is 0.249 e. The molecule has 1 aromatic carbocycles. The second kappa shape index (κ2) is 5.33. The van der Waals surface area contributed by atoms with Crippen LogP contribution in [0.25, 0.3) is 0 Å². The Labute approximate surface area is 111 Å². The first-order valence-corrected chi connectivity index (χ1v) is 6.02. The van der Waals surface area contributed by atoms with Gasteiger partial charge in [-0.2, -0.15) is 18.4 Å². The molecule has 0 aliphatic carbocycles. The van der Waals surface area contributed by atoms with Crippen LogP contribution in [0.3, 0.4) is 0 Å². The van der Waals surface area contributed by atoms with Gasteiger partial charge in [0.15, 0.2) is 0 Å². The van der Waals surface area contributed by atoms with E-state index in [1.54, 1.807) is 24.3 Å². The standard InChI is InChI=1S/C13H7F3N2S/c14-13(15,16)10-5-6-12(18-8-10)19-11-4-2-1-3-9(11)7-17/h1-6,8H. The van der Waals surface area contributed by atoms with E-state index in [4.69, 9.17) is 5.26 Å². The lowest BCUT2D eigenvalue weighted by Gasteiger charge is -2.07. The fourth-order valence-electron chi connectivity index (χ4n) is 1.37. The highest BCUT2D eigenvalue weighted by Crippen LogP contribution is 2.32. The highest BCUT2D eigenvalue weighted by Gasteiger charge is 2.30. The summed E-state index contributed by atoms with van der Waals surface area (Å²) in [5, 5.41) is 9.33. The Bertz CT molecular complexity index is 615. The third-order valence-electron chi connectivity index (χ3n) is 2.29. The average Bonchev–Trinajstić information content (AvgIpc) is 2.39. The molecule has 2 aromatic rings. The van der Waals surface area contributed by atoms with Crippen LogP contribution in [0.2, 0.25) is 0 Å². The predicted molar refractivity (Wildman–Crippen MR) is 64.5 cm³/mol. The Hall–Kier alpha value is -2.00. The van der Waals surface area contributed by atoms with Crippen molar-refractivity contribution in [3.8, 4) is 6.07 Å². The number of nitrogens with zero attached hydrogens (tertiary/aromatic N) is 2. The summed E-state index contributed by atoms with van der Waals surface area (Å²) in [6.07, 6.45) is -3.60. The molecule has 2 nitrogen and oxygen atoms in total. The Morgan fingerprint density at radius 3 is 2.42 bits per heavy atom. The summed E-state index contributed by atoms with van der Waals surface area (Å²) >= 11 is 1.16. The molecule has 0 fully saturated rings. The minimum Gasteiger partial charge on any atom is -0.249 e. The Morgan fingerprint density at radius 2 is 1.84 bits per heavy atom. The molecule has 1 aromatic heterocycles. The van der Waals surface area contributed by atoms with Gasteiger partial charge in [-0.05, 0) is 24.3 Å². The number of halogens is 3. The number of hydrogen-bond acceptors (Lipinski definition) is 3. The molecular formula is C13H7F3N2S. The molecule has 2 rings (SSSR count). The van der Waals surface area contributed by atoms with Crippen molar-refractivity contribution >= 4 is 11.8 Å². The first-order valence-electron chi connectivity index (χ1n) is 5.21. The maximum absolute atomic E-state index is 12.4. The van der Waals surface area contributed by atoms with E-state index in [0.29, 0.717) is 15.5 Å². The Kier molecular flexibility index (Phi) is 3.76. The maximum Gasteiger partial charge on any atom is 0.417 e. The van der Waals surface area contributed by atoms with Crippen LogP contribution in [0.1, 0.15) is 11.1 Å². The monoisotopic (exact) mass is 280 g/mol. The van der Waals surface area contributed by atoms with Crippen LogP contribution in [0.5, 0.6) is 0 Å². The average molecular weight is 280 g/mol. The first kappa shape index (κ1) is 13.4. The van der Waals surface area contributed by atoms with E-state index in [2.05, 4.69) is 4.98 Å². The van der Waals surface area contributed by atoms with Gasteiger partial charge in [0, 0.05) is 11.1 Å². The first-order chi connectivity index (χ1) is 9.00. The van der Waals surface area contributed by atoms with Crippen molar-refractivity contribution < 1.29 is 13.2 Å². The minimum atomic E-state index is -4.39. The molecule has 0 saturated carbocycles. The van der Waals surface area contributed by atoms with Gasteiger partial charge < -0.3 is 0 Å². The van der Waals surface area contributed by atoms with Crippen LogP contribution >= 0.6 is 11.8 Å². The van der Waals surface area contributed by atoms with Crippen molar-refractivity contribution in [1.82, 2.24) is 4.98 Å². The number of aromatic nitrogens is 1. The second-order valence-corrected chi connectivity index (χ2v) is 4.66. The lowest BCUT2D eigenvalue weighted by Crippen LogP contribution is -2.05. The predicted octanol–water partition coefficient (Wildman–Crippen LogP) is 4.12. The minimum absolute atomic E-state index is 0.413. The van der Waals surface area contributed by atoms with Gasteiger partial charge in [0.2, 0.25) is 0 Å². The van der Waals surface area contributed by atoms with Crippen molar-refractivity contribution in [3.05, 3.63) is 53.7 Å². The molecular weight excluding hydrogens is 273 g/mol. The fraction of sp³-hybridized carbons (Fsp3) is 0.0769. The van der Waals surface area contributed by atoms with Gasteiger partial charge in [0.1, 0.15) is 11.1 Å². The van der Waals surface area contributed by atoms with Crippen LogP contribution in [0, 0.1) is 11.3 Å². The van der Waals surface area contributed by atoms with Gasteiger partial charge >= 0.3 is 6.18 Å². The summed E-state index contributed by atoms with van der Waals surface area (Å²) in [4.78, 5) is 4.41. The molecule has 0 amide bonds. The van der Waals surface area contributed by atoms with E-state index in [9.17, 15) is 13.2 Å². The molecule has 0 aliphatic rings. The molecule has 6 heteroatoms. The van der Waals surface area contributed by atoms with Gasteiger partial charge in [0.25, 0.3) is 0 Å². The van der Waals surface area contributed by atoms with Crippen LogP contribution < -0.4 is 0 Å². The van der Waals surface area contributed by atoms with Gasteiger partial charge in [-0.1, -0.05) is 23.9 Å². The zero-order chi connectivity index (χ0) is 13.9. The Balaban J connectivity index is 2.23.